The third-order valence-electron chi connectivity index (χ3n) is 2.93. The van der Waals surface area contributed by atoms with Gasteiger partial charge in [0, 0.05) is 17.2 Å². The molecule has 1 heterocycles. The maximum Gasteiger partial charge on any atom is 0.274 e. The number of anilines is 2. The van der Waals surface area contributed by atoms with Crippen molar-refractivity contribution >= 4 is 33.5 Å². The summed E-state index contributed by atoms with van der Waals surface area (Å²) >= 11 is 3.44. The predicted octanol–water partition coefficient (Wildman–Crippen LogP) is 3.87. The molecule has 0 saturated heterocycles. The van der Waals surface area contributed by atoms with E-state index in [0.29, 0.717) is 23.2 Å². The minimum atomic E-state index is -0.264. The molecule has 0 unspecified atom stereocenters. The number of aromatic nitrogens is 2. The van der Waals surface area contributed by atoms with Gasteiger partial charge in [-0.25, -0.2) is 9.97 Å². The highest BCUT2D eigenvalue weighted by atomic mass is 79.9. The third kappa shape index (κ3) is 4.53. The maximum atomic E-state index is 12.3. The molecule has 0 fully saturated rings. The van der Waals surface area contributed by atoms with Crippen molar-refractivity contribution in [3.05, 3.63) is 46.2 Å². The van der Waals surface area contributed by atoms with E-state index in [9.17, 15) is 4.79 Å². The number of hydrogen-bond donors (Lipinski definition) is 2. The van der Waals surface area contributed by atoms with E-state index < -0.39 is 0 Å². The Kier molecular flexibility index (Phi) is 5.49. The van der Waals surface area contributed by atoms with Gasteiger partial charge in [0.25, 0.3) is 5.91 Å². The van der Waals surface area contributed by atoms with Crippen molar-refractivity contribution in [2.45, 2.75) is 20.8 Å². The first-order valence-electron chi connectivity index (χ1n) is 7.10. The average molecular weight is 363 g/mol. The van der Waals surface area contributed by atoms with Crippen LogP contribution in [0.4, 0.5) is 11.6 Å². The zero-order valence-corrected chi connectivity index (χ0v) is 14.4. The number of nitrogens with one attached hydrogen (secondary N) is 2. The van der Waals surface area contributed by atoms with Crippen molar-refractivity contribution in [3.8, 4) is 0 Å². The number of nitrogens with zero attached hydrogens (tertiary/aromatic N) is 2. The summed E-state index contributed by atoms with van der Waals surface area (Å²) in [6, 6.07) is 7.34. The number of amides is 1. The topological polar surface area (TPSA) is 66.9 Å². The largest absolute Gasteiger partial charge is 0.354 e. The Morgan fingerprint density at radius 1 is 1.32 bits per heavy atom. The first-order chi connectivity index (χ1) is 10.5. The summed E-state index contributed by atoms with van der Waals surface area (Å²) in [7, 11) is 0. The number of carbonyl (C=O) groups excluding carboxylic acids is 1. The fourth-order valence-electron chi connectivity index (χ4n) is 1.77. The molecule has 1 aromatic heterocycles. The fraction of sp³-hybridized carbons (Fsp3) is 0.312. The second kappa shape index (κ2) is 7.35. The highest BCUT2D eigenvalue weighted by molar-refractivity contribution is 9.10. The number of halogens is 1. The van der Waals surface area contributed by atoms with Crippen LogP contribution in [0.25, 0.3) is 0 Å². The van der Waals surface area contributed by atoms with Crippen molar-refractivity contribution in [2.75, 3.05) is 17.2 Å². The van der Waals surface area contributed by atoms with E-state index in [1.54, 1.807) is 12.3 Å². The Bertz CT molecular complexity index is 673. The maximum absolute atomic E-state index is 12.3. The van der Waals surface area contributed by atoms with E-state index in [4.69, 9.17) is 0 Å². The summed E-state index contributed by atoms with van der Waals surface area (Å²) in [5, 5.41) is 5.95. The molecule has 5 nitrogen and oxygen atoms in total. The Labute approximate surface area is 138 Å². The van der Waals surface area contributed by atoms with E-state index in [2.05, 4.69) is 50.4 Å². The zero-order chi connectivity index (χ0) is 16.1. The summed E-state index contributed by atoms with van der Waals surface area (Å²) in [6.07, 6.45) is 1.58. The van der Waals surface area contributed by atoms with Gasteiger partial charge >= 0.3 is 0 Å². The molecule has 6 heteroatoms. The first kappa shape index (κ1) is 16.4. The number of benzene rings is 1. The zero-order valence-electron chi connectivity index (χ0n) is 12.9. The molecule has 116 valence electrons. The van der Waals surface area contributed by atoms with Gasteiger partial charge in [-0.2, -0.15) is 0 Å². The van der Waals surface area contributed by atoms with E-state index in [0.717, 1.165) is 16.6 Å². The van der Waals surface area contributed by atoms with Crippen LogP contribution in [0.15, 0.2) is 34.9 Å². The van der Waals surface area contributed by atoms with Crippen LogP contribution in [0.3, 0.4) is 0 Å². The molecule has 1 aromatic carbocycles. The van der Waals surface area contributed by atoms with E-state index in [-0.39, 0.29) is 5.91 Å². The van der Waals surface area contributed by atoms with Crippen LogP contribution in [-0.2, 0) is 0 Å². The van der Waals surface area contributed by atoms with Crippen LogP contribution >= 0.6 is 15.9 Å². The molecule has 0 spiro atoms. The Morgan fingerprint density at radius 3 is 2.77 bits per heavy atom. The molecule has 0 aliphatic heterocycles. The standard InChI is InChI=1S/C16H19BrN4O/c1-10(2)9-19-16-18-7-6-14(21-16)15(22)20-13-5-4-11(3)8-12(13)17/h4-8,10H,9H2,1-3H3,(H,20,22)(H,18,19,21). The van der Waals surface area contributed by atoms with Gasteiger partial charge in [0.2, 0.25) is 5.95 Å². The highest BCUT2D eigenvalue weighted by Gasteiger charge is 2.11. The molecule has 2 rings (SSSR count). The summed E-state index contributed by atoms with van der Waals surface area (Å²) in [4.78, 5) is 20.6. The van der Waals surface area contributed by atoms with Gasteiger partial charge in [0.05, 0.1) is 5.69 Å². The van der Waals surface area contributed by atoms with Gasteiger partial charge in [-0.05, 0) is 52.5 Å². The van der Waals surface area contributed by atoms with Gasteiger partial charge in [-0.3, -0.25) is 4.79 Å². The van der Waals surface area contributed by atoms with Crippen LogP contribution in [0.5, 0.6) is 0 Å². The van der Waals surface area contributed by atoms with Gasteiger partial charge < -0.3 is 10.6 Å². The Hall–Kier alpha value is -1.95. The van der Waals surface area contributed by atoms with Gasteiger partial charge in [0.1, 0.15) is 5.69 Å². The second-order valence-electron chi connectivity index (χ2n) is 5.48. The van der Waals surface area contributed by atoms with Crippen LogP contribution in [0.2, 0.25) is 0 Å². The molecule has 0 aliphatic rings. The molecule has 0 radical (unpaired) electrons. The summed E-state index contributed by atoms with van der Waals surface area (Å²) < 4.78 is 0.841. The number of hydrogen-bond acceptors (Lipinski definition) is 4. The van der Waals surface area contributed by atoms with Crippen molar-refractivity contribution in [3.63, 3.8) is 0 Å². The van der Waals surface area contributed by atoms with Gasteiger partial charge in [0.15, 0.2) is 0 Å². The summed E-state index contributed by atoms with van der Waals surface area (Å²) in [5.74, 6) is 0.675. The Balaban J connectivity index is 2.10. The Morgan fingerprint density at radius 2 is 2.09 bits per heavy atom. The number of rotatable bonds is 5. The molecule has 22 heavy (non-hydrogen) atoms. The molecule has 2 aromatic rings. The quantitative estimate of drug-likeness (QED) is 0.846. The van der Waals surface area contributed by atoms with Gasteiger partial charge in [-0.1, -0.05) is 19.9 Å². The molecule has 0 saturated carbocycles. The molecule has 1 amide bonds. The van der Waals surface area contributed by atoms with Crippen molar-refractivity contribution < 1.29 is 4.79 Å². The lowest BCUT2D eigenvalue weighted by atomic mass is 10.2. The molecule has 2 N–H and O–H groups in total. The molecular weight excluding hydrogens is 344 g/mol. The predicted molar refractivity (Wildman–Crippen MR) is 92.2 cm³/mol. The molecule has 0 aliphatic carbocycles. The monoisotopic (exact) mass is 362 g/mol. The lowest BCUT2D eigenvalue weighted by Gasteiger charge is -2.10. The molecule has 0 atom stereocenters. The van der Waals surface area contributed by atoms with E-state index in [1.807, 2.05) is 25.1 Å². The number of aryl methyl sites for hydroxylation is 1. The summed E-state index contributed by atoms with van der Waals surface area (Å²) in [5.41, 5.74) is 2.16. The van der Waals surface area contributed by atoms with Crippen molar-refractivity contribution in [1.29, 1.82) is 0 Å². The SMILES string of the molecule is Cc1ccc(NC(=O)c2ccnc(NCC(C)C)n2)c(Br)c1. The third-order valence-corrected chi connectivity index (χ3v) is 3.59. The van der Waals surface area contributed by atoms with Crippen LogP contribution in [0, 0.1) is 12.8 Å². The number of carbonyl (C=O) groups is 1. The van der Waals surface area contributed by atoms with Gasteiger partial charge in [-0.15, -0.1) is 0 Å². The van der Waals surface area contributed by atoms with Crippen LogP contribution < -0.4 is 10.6 Å². The minimum Gasteiger partial charge on any atom is -0.354 e. The first-order valence-corrected chi connectivity index (χ1v) is 7.89. The minimum absolute atomic E-state index is 0.264. The van der Waals surface area contributed by atoms with E-state index >= 15 is 0 Å². The fourth-order valence-corrected chi connectivity index (χ4v) is 2.37. The normalized spacial score (nSPS) is 10.6. The molecule has 0 bridgehead atoms. The smallest absolute Gasteiger partial charge is 0.274 e. The van der Waals surface area contributed by atoms with Crippen LogP contribution in [-0.4, -0.2) is 22.4 Å². The van der Waals surface area contributed by atoms with Crippen molar-refractivity contribution in [2.24, 2.45) is 5.92 Å². The van der Waals surface area contributed by atoms with E-state index in [1.165, 1.54) is 0 Å². The van der Waals surface area contributed by atoms with Crippen molar-refractivity contribution in [1.82, 2.24) is 9.97 Å². The average Bonchev–Trinajstić information content (AvgIpc) is 2.48. The van der Waals surface area contributed by atoms with Crippen LogP contribution in [0.1, 0.15) is 29.9 Å². The lowest BCUT2D eigenvalue weighted by molar-refractivity contribution is 0.102. The highest BCUT2D eigenvalue weighted by Crippen LogP contribution is 2.23. The lowest BCUT2D eigenvalue weighted by Crippen LogP contribution is -2.16. The summed E-state index contributed by atoms with van der Waals surface area (Å²) in [6.45, 7) is 6.94. The molecular formula is C16H19BrN4O. The second-order valence-corrected chi connectivity index (χ2v) is 6.33.